The molecule has 0 aliphatic heterocycles. The smallest absolute Gasteiger partial charge is 0.407 e. The Bertz CT molecular complexity index is 275. The van der Waals surface area contributed by atoms with Crippen molar-refractivity contribution in [2.24, 2.45) is 0 Å². The molecule has 7 heteroatoms. The molecule has 1 atom stereocenters. The first-order valence-corrected chi connectivity index (χ1v) is 5.66. The minimum atomic E-state index is -0.610. The van der Waals surface area contributed by atoms with Gasteiger partial charge in [0, 0.05) is 6.54 Å². The van der Waals surface area contributed by atoms with Crippen LogP contribution in [0.1, 0.15) is 20.8 Å². The molecule has 0 unspecified atom stereocenters. The van der Waals surface area contributed by atoms with E-state index in [4.69, 9.17) is 9.84 Å². The molecule has 0 radical (unpaired) electrons. The normalized spacial score (nSPS) is 12.7. The lowest BCUT2D eigenvalue weighted by atomic mass is 10.2. The Hall–Kier alpha value is -1.34. The maximum Gasteiger partial charge on any atom is 0.407 e. The SMILES string of the molecule is COC(=O)CNC[C@@H](CO)NC(=O)OC(C)(C)C. The molecule has 0 aromatic carbocycles. The number of methoxy groups -OCH3 is 1. The van der Waals surface area contributed by atoms with Crippen molar-refractivity contribution in [1.29, 1.82) is 0 Å². The van der Waals surface area contributed by atoms with E-state index in [9.17, 15) is 9.59 Å². The number of aliphatic hydroxyl groups is 1. The van der Waals surface area contributed by atoms with Crippen molar-refractivity contribution in [2.45, 2.75) is 32.4 Å². The average Bonchev–Trinajstić information content (AvgIpc) is 2.24. The number of carbonyl (C=O) groups is 2. The summed E-state index contributed by atoms with van der Waals surface area (Å²) in [5, 5.41) is 14.3. The average molecular weight is 262 g/mol. The van der Waals surface area contributed by atoms with E-state index < -0.39 is 23.7 Å². The zero-order valence-corrected chi connectivity index (χ0v) is 11.3. The first-order valence-electron chi connectivity index (χ1n) is 5.66. The van der Waals surface area contributed by atoms with Gasteiger partial charge in [-0.1, -0.05) is 0 Å². The van der Waals surface area contributed by atoms with Crippen LogP contribution in [-0.2, 0) is 14.3 Å². The highest BCUT2D eigenvalue weighted by Crippen LogP contribution is 2.06. The van der Waals surface area contributed by atoms with Gasteiger partial charge in [0.25, 0.3) is 0 Å². The molecule has 0 aliphatic rings. The molecular weight excluding hydrogens is 240 g/mol. The summed E-state index contributed by atoms with van der Waals surface area (Å²) in [6.07, 6.45) is -0.610. The molecule has 18 heavy (non-hydrogen) atoms. The molecule has 0 saturated heterocycles. The van der Waals surface area contributed by atoms with Gasteiger partial charge in [0.15, 0.2) is 0 Å². The summed E-state index contributed by atoms with van der Waals surface area (Å²) in [4.78, 5) is 22.2. The number of esters is 1. The van der Waals surface area contributed by atoms with Gasteiger partial charge in [0.2, 0.25) is 0 Å². The van der Waals surface area contributed by atoms with Crippen LogP contribution >= 0.6 is 0 Å². The molecule has 7 nitrogen and oxygen atoms in total. The summed E-state index contributed by atoms with van der Waals surface area (Å²) in [6, 6.07) is -0.524. The van der Waals surface area contributed by atoms with Crippen LogP contribution in [0, 0.1) is 0 Å². The van der Waals surface area contributed by atoms with E-state index >= 15 is 0 Å². The zero-order chi connectivity index (χ0) is 14.2. The van der Waals surface area contributed by atoms with Crippen LogP contribution in [0.5, 0.6) is 0 Å². The Morgan fingerprint density at radius 3 is 2.39 bits per heavy atom. The number of ether oxygens (including phenoxy) is 2. The summed E-state index contributed by atoms with van der Waals surface area (Å²) in [7, 11) is 1.28. The van der Waals surface area contributed by atoms with E-state index in [-0.39, 0.29) is 19.7 Å². The van der Waals surface area contributed by atoms with Gasteiger partial charge >= 0.3 is 12.1 Å². The third-order valence-corrected chi connectivity index (χ3v) is 1.83. The second kappa shape index (κ2) is 7.88. The Kier molecular flexibility index (Phi) is 7.30. The van der Waals surface area contributed by atoms with Crippen LogP contribution < -0.4 is 10.6 Å². The van der Waals surface area contributed by atoms with Crippen LogP contribution in [0.25, 0.3) is 0 Å². The number of nitrogens with one attached hydrogen (secondary N) is 2. The molecule has 0 saturated carbocycles. The molecule has 0 aromatic rings. The van der Waals surface area contributed by atoms with E-state index in [1.807, 2.05) is 0 Å². The van der Waals surface area contributed by atoms with Crippen molar-refractivity contribution in [3.05, 3.63) is 0 Å². The summed E-state index contributed by atoms with van der Waals surface area (Å²) >= 11 is 0. The van der Waals surface area contributed by atoms with Crippen LogP contribution in [-0.4, -0.2) is 55.6 Å². The number of hydrogen-bond donors (Lipinski definition) is 3. The first kappa shape index (κ1) is 16.7. The van der Waals surface area contributed by atoms with Crippen LogP contribution in [0.4, 0.5) is 4.79 Å². The maximum atomic E-state index is 11.4. The van der Waals surface area contributed by atoms with Crippen LogP contribution in [0.3, 0.4) is 0 Å². The van der Waals surface area contributed by atoms with Gasteiger partial charge in [-0.25, -0.2) is 4.79 Å². The lowest BCUT2D eigenvalue weighted by Gasteiger charge is -2.22. The van der Waals surface area contributed by atoms with Crippen LogP contribution in [0.2, 0.25) is 0 Å². The number of rotatable bonds is 6. The highest BCUT2D eigenvalue weighted by Gasteiger charge is 2.19. The molecule has 3 N–H and O–H groups in total. The second-order valence-electron chi connectivity index (χ2n) is 4.73. The molecular formula is C11H22N2O5. The number of alkyl carbamates (subject to hydrolysis) is 1. The van der Waals surface area contributed by atoms with Crippen LogP contribution in [0.15, 0.2) is 0 Å². The van der Waals surface area contributed by atoms with E-state index in [0.717, 1.165) is 0 Å². The zero-order valence-electron chi connectivity index (χ0n) is 11.3. The molecule has 0 heterocycles. The standard InChI is InChI=1S/C11H22N2O5/c1-11(2,3)18-10(16)13-8(7-14)5-12-6-9(15)17-4/h8,12,14H,5-7H2,1-4H3,(H,13,16)/t8-/m0/s1. The van der Waals surface area contributed by atoms with Gasteiger partial charge in [-0.3, -0.25) is 4.79 Å². The molecule has 0 rings (SSSR count). The van der Waals surface area contributed by atoms with E-state index in [0.29, 0.717) is 0 Å². The summed E-state index contributed by atoms with van der Waals surface area (Å²) < 4.78 is 9.47. The molecule has 0 bridgehead atoms. The highest BCUT2D eigenvalue weighted by atomic mass is 16.6. The summed E-state index contributed by atoms with van der Waals surface area (Å²) in [5.41, 5.74) is -0.594. The van der Waals surface area contributed by atoms with Gasteiger partial charge in [0.05, 0.1) is 26.3 Å². The van der Waals surface area contributed by atoms with Crippen molar-refractivity contribution in [1.82, 2.24) is 10.6 Å². The topological polar surface area (TPSA) is 96.9 Å². The fourth-order valence-corrected chi connectivity index (χ4v) is 1.06. The van der Waals surface area contributed by atoms with Crippen molar-refractivity contribution in [2.75, 3.05) is 26.8 Å². The second-order valence-corrected chi connectivity index (χ2v) is 4.73. The predicted molar refractivity (Wildman–Crippen MR) is 65.1 cm³/mol. The number of carbonyl (C=O) groups excluding carboxylic acids is 2. The van der Waals surface area contributed by atoms with E-state index in [2.05, 4.69) is 15.4 Å². The van der Waals surface area contributed by atoms with Gasteiger partial charge in [-0.05, 0) is 20.8 Å². The fraction of sp³-hybridized carbons (Fsp3) is 0.818. The number of aliphatic hydroxyl groups excluding tert-OH is 1. The van der Waals surface area contributed by atoms with Gasteiger partial charge in [0.1, 0.15) is 5.60 Å². The van der Waals surface area contributed by atoms with E-state index in [1.165, 1.54) is 7.11 Å². The lowest BCUT2D eigenvalue weighted by molar-refractivity contribution is -0.139. The Morgan fingerprint density at radius 2 is 1.94 bits per heavy atom. The monoisotopic (exact) mass is 262 g/mol. The first-order chi connectivity index (χ1) is 8.28. The molecule has 1 amide bonds. The Balaban J connectivity index is 3.96. The third-order valence-electron chi connectivity index (χ3n) is 1.83. The maximum absolute atomic E-state index is 11.4. The van der Waals surface area contributed by atoms with Crippen molar-refractivity contribution in [3.8, 4) is 0 Å². The number of amides is 1. The molecule has 0 aromatic heterocycles. The van der Waals surface area contributed by atoms with Gasteiger partial charge < -0.3 is 25.2 Å². The predicted octanol–water partition coefficient (Wildman–Crippen LogP) is -0.365. The van der Waals surface area contributed by atoms with Gasteiger partial charge in [-0.2, -0.15) is 0 Å². The Morgan fingerprint density at radius 1 is 1.33 bits per heavy atom. The van der Waals surface area contributed by atoms with Gasteiger partial charge in [-0.15, -0.1) is 0 Å². The molecule has 106 valence electrons. The summed E-state index contributed by atoms with van der Waals surface area (Å²) in [5.74, 6) is -0.413. The lowest BCUT2D eigenvalue weighted by Crippen LogP contribution is -2.47. The van der Waals surface area contributed by atoms with Crippen molar-refractivity contribution in [3.63, 3.8) is 0 Å². The largest absolute Gasteiger partial charge is 0.468 e. The van der Waals surface area contributed by atoms with Crippen molar-refractivity contribution >= 4 is 12.1 Å². The highest BCUT2D eigenvalue weighted by molar-refractivity contribution is 5.71. The third kappa shape index (κ3) is 8.77. The number of hydrogen-bond acceptors (Lipinski definition) is 6. The minimum absolute atomic E-state index is 0.0169. The molecule has 0 fully saturated rings. The summed E-state index contributed by atoms with van der Waals surface area (Å²) in [6.45, 7) is 5.24. The Labute approximate surface area is 107 Å². The fourth-order valence-electron chi connectivity index (χ4n) is 1.06. The minimum Gasteiger partial charge on any atom is -0.468 e. The quantitative estimate of drug-likeness (QED) is 0.565. The molecule has 0 aliphatic carbocycles. The molecule has 0 spiro atoms. The van der Waals surface area contributed by atoms with Crippen molar-refractivity contribution < 1.29 is 24.2 Å². The van der Waals surface area contributed by atoms with E-state index in [1.54, 1.807) is 20.8 Å².